The largest absolute Gasteiger partial charge is 0.0654 e. The van der Waals surface area contributed by atoms with Gasteiger partial charge in [-0.15, -0.1) is 0 Å². The minimum atomic E-state index is 0.952. The van der Waals surface area contributed by atoms with Crippen LogP contribution in [0.25, 0.3) is 0 Å². The Morgan fingerprint density at radius 2 is 1.92 bits per heavy atom. The molecule has 0 heterocycles. The molecule has 0 N–H and O–H groups in total. The average Bonchev–Trinajstić information content (AvgIpc) is 2.06. The van der Waals surface area contributed by atoms with Gasteiger partial charge in [0.15, 0.2) is 0 Å². The summed E-state index contributed by atoms with van der Waals surface area (Å²) >= 11 is 0. The van der Waals surface area contributed by atoms with E-state index in [0.717, 1.165) is 23.7 Å². The van der Waals surface area contributed by atoms with Crippen LogP contribution in [0.2, 0.25) is 0 Å². The van der Waals surface area contributed by atoms with E-state index in [-0.39, 0.29) is 0 Å². The summed E-state index contributed by atoms with van der Waals surface area (Å²) in [6.07, 6.45) is 7.54. The van der Waals surface area contributed by atoms with Crippen LogP contribution in [0.3, 0.4) is 0 Å². The highest BCUT2D eigenvalue weighted by Crippen LogP contribution is 2.61. The third-order valence-electron chi connectivity index (χ3n) is 4.61. The molecule has 4 unspecified atom stereocenters. The molecule has 2 aliphatic carbocycles. The van der Waals surface area contributed by atoms with Crippen LogP contribution < -0.4 is 0 Å². The smallest absolute Gasteiger partial charge is 0.0349 e. The van der Waals surface area contributed by atoms with Crippen molar-refractivity contribution in [2.75, 3.05) is 0 Å². The second-order valence-corrected chi connectivity index (χ2v) is 5.61. The van der Waals surface area contributed by atoms with Crippen molar-refractivity contribution < 1.29 is 0 Å². The second kappa shape index (κ2) is 3.63. The van der Waals surface area contributed by atoms with Gasteiger partial charge in [-0.3, -0.25) is 0 Å². The quantitative estimate of drug-likeness (QED) is 0.611. The van der Waals surface area contributed by atoms with Gasteiger partial charge < -0.3 is 0 Å². The molecule has 0 saturated heterocycles. The maximum Gasteiger partial charge on any atom is -0.0349 e. The lowest BCUT2D eigenvalue weighted by Gasteiger charge is -2.60. The SMILES string of the molecule is CCCCC1CC2C(C(C)C)CC12. The summed E-state index contributed by atoms with van der Waals surface area (Å²) in [5, 5.41) is 0. The predicted molar refractivity (Wildman–Crippen MR) is 57.6 cm³/mol. The molecule has 0 bridgehead atoms. The zero-order chi connectivity index (χ0) is 9.42. The Morgan fingerprint density at radius 3 is 2.38 bits per heavy atom. The van der Waals surface area contributed by atoms with Crippen LogP contribution in [0.4, 0.5) is 0 Å². The Balaban J connectivity index is 1.70. The van der Waals surface area contributed by atoms with Crippen LogP contribution in [-0.2, 0) is 0 Å². The first-order chi connectivity index (χ1) is 6.24. The van der Waals surface area contributed by atoms with E-state index in [2.05, 4.69) is 20.8 Å². The standard InChI is InChI=1S/C13H24/c1-4-5-6-10-7-13-11(9(2)3)8-12(10)13/h9-13H,4-8H2,1-3H3. The zero-order valence-electron chi connectivity index (χ0n) is 9.42. The van der Waals surface area contributed by atoms with Crippen LogP contribution in [-0.4, -0.2) is 0 Å². The summed E-state index contributed by atoms with van der Waals surface area (Å²) in [5.41, 5.74) is 0. The Kier molecular flexibility index (Phi) is 2.67. The van der Waals surface area contributed by atoms with Crippen molar-refractivity contribution in [1.29, 1.82) is 0 Å². The maximum atomic E-state index is 2.40. The summed E-state index contributed by atoms with van der Waals surface area (Å²) < 4.78 is 0. The first kappa shape index (κ1) is 9.55. The highest BCUT2D eigenvalue weighted by Gasteiger charge is 2.53. The van der Waals surface area contributed by atoms with Gasteiger partial charge in [-0.25, -0.2) is 0 Å². The topological polar surface area (TPSA) is 0 Å². The fraction of sp³-hybridized carbons (Fsp3) is 1.00. The minimum absolute atomic E-state index is 0.952. The van der Waals surface area contributed by atoms with Crippen LogP contribution >= 0.6 is 0 Å². The summed E-state index contributed by atoms with van der Waals surface area (Å²) in [7, 11) is 0. The third-order valence-corrected chi connectivity index (χ3v) is 4.61. The van der Waals surface area contributed by atoms with Gasteiger partial charge in [0.05, 0.1) is 0 Å². The average molecular weight is 180 g/mol. The molecule has 4 atom stereocenters. The summed E-state index contributed by atoms with van der Waals surface area (Å²) in [6, 6.07) is 0. The van der Waals surface area contributed by atoms with Crippen LogP contribution in [0, 0.1) is 29.6 Å². The van der Waals surface area contributed by atoms with Gasteiger partial charge in [0.1, 0.15) is 0 Å². The van der Waals surface area contributed by atoms with E-state index in [1.807, 2.05) is 0 Å². The molecular formula is C13H24. The number of unbranched alkanes of at least 4 members (excludes halogenated alkanes) is 1. The van der Waals surface area contributed by atoms with Crippen molar-refractivity contribution in [3.8, 4) is 0 Å². The molecule has 0 radical (unpaired) electrons. The van der Waals surface area contributed by atoms with Crippen molar-refractivity contribution in [2.24, 2.45) is 29.6 Å². The molecule has 0 aromatic rings. The molecule has 2 fully saturated rings. The van der Waals surface area contributed by atoms with E-state index >= 15 is 0 Å². The van der Waals surface area contributed by atoms with Crippen LogP contribution in [0.5, 0.6) is 0 Å². The summed E-state index contributed by atoms with van der Waals surface area (Å²) in [4.78, 5) is 0. The van der Waals surface area contributed by atoms with Crippen LogP contribution in [0.1, 0.15) is 52.9 Å². The molecule has 0 aromatic carbocycles. The lowest BCUT2D eigenvalue weighted by atomic mass is 9.45. The highest BCUT2D eigenvalue weighted by molar-refractivity contribution is 5.02. The summed E-state index contributed by atoms with van der Waals surface area (Å²) in [5.74, 6) is 5.51. The lowest BCUT2D eigenvalue weighted by Crippen LogP contribution is -2.52. The highest BCUT2D eigenvalue weighted by atomic mass is 14.6. The van der Waals surface area contributed by atoms with Gasteiger partial charge in [-0.05, 0) is 42.4 Å². The Labute approximate surface area is 83.1 Å². The predicted octanol–water partition coefficient (Wildman–Crippen LogP) is 4.10. The van der Waals surface area contributed by atoms with Crippen molar-refractivity contribution >= 4 is 0 Å². The van der Waals surface area contributed by atoms with E-state index in [1.165, 1.54) is 25.2 Å². The first-order valence-corrected chi connectivity index (χ1v) is 6.24. The number of fused-ring (bicyclic) bond motifs is 1. The van der Waals surface area contributed by atoms with Crippen molar-refractivity contribution in [1.82, 2.24) is 0 Å². The fourth-order valence-electron chi connectivity index (χ4n) is 3.57. The third kappa shape index (κ3) is 1.53. The molecule has 0 spiro atoms. The van der Waals surface area contributed by atoms with Gasteiger partial charge in [0.25, 0.3) is 0 Å². The number of hydrogen-bond acceptors (Lipinski definition) is 0. The van der Waals surface area contributed by atoms with E-state index < -0.39 is 0 Å². The second-order valence-electron chi connectivity index (χ2n) is 5.61. The Morgan fingerprint density at radius 1 is 1.15 bits per heavy atom. The molecule has 13 heavy (non-hydrogen) atoms. The van der Waals surface area contributed by atoms with Crippen molar-refractivity contribution in [3.05, 3.63) is 0 Å². The van der Waals surface area contributed by atoms with Gasteiger partial charge in [-0.2, -0.15) is 0 Å². The molecule has 76 valence electrons. The van der Waals surface area contributed by atoms with E-state index in [9.17, 15) is 0 Å². The molecule has 0 heteroatoms. The molecule has 0 aromatic heterocycles. The van der Waals surface area contributed by atoms with Gasteiger partial charge >= 0.3 is 0 Å². The number of hydrogen-bond donors (Lipinski definition) is 0. The van der Waals surface area contributed by atoms with Gasteiger partial charge in [-0.1, -0.05) is 40.0 Å². The minimum Gasteiger partial charge on any atom is -0.0654 e. The molecule has 2 saturated carbocycles. The van der Waals surface area contributed by atoms with E-state index in [4.69, 9.17) is 0 Å². The molecule has 2 rings (SSSR count). The number of rotatable bonds is 4. The first-order valence-electron chi connectivity index (χ1n) is 6.24. The normalized spacial score (nSPS) is 42.5. The van der Waals surface area contributed by atoms with E-state index in [1.54, 1.807) is 12.8 Å². The van der Waals surface area contributed by atoms with Gasteiger partial charge in [0.2, 0.25) is 0 Å². The van der Waals surface area contributed by atoms with E-state index in [0.29, 0.717) is 0 Å². The molecule has 2 aliphatic rings. The molecule has 0 amide bonds. The van der Waals surface area contributed by atoms with Crippen LogP contribution in [0.15, 0.2) is 0 Å². The molecule has 0 aliphatic heterocycles. The molecular weight excluding hydrogens is 156 g/mol. The zero-order valence-corrected chi connectivity index (χ0v) is 9.42. The maximum absolute atomic E-state index is 2.40. The van der Waals surface area contributed by atoms with Crippen molar-refractivity contribution in [3.63, 3.8) is 0 Å². The summed E-state index contributed by atoms with van der Waals surface area (Å²) in [6.45, 7) is 7.12. The Bertz CT molecular complexity index is 171. The fourth-order valence-corrected chi connectivity index (χ4v) is 3.57. The van der Waals surface area contributed by atoms with Gasteiger partial charge in [0, 0.05) is 0 Å². The van der Waals surface area contributed by atoms with Crippen molar-refractivity contribution in [2.45, 2.75) is 52.9 Å². The lowest BCUT2D eigenvalue weighted by molar-refractivity contribution is -0.109. The monoisotopic (exact) mass is 180 g/mol. The Hall–Kier alpha value is 0. The molecule has 0 nitrogen and oxygen atoms in total.